The number of carbonyl (C=O) groups is 2. The molecule has 4 aromatic rings. The minimum absolute atomic E-state index is 0.00674. The lowest BCUT2D eigenvalue weighted by molar-refractivity contribution is -0.120. The van der Waals surface area contributed by atoms with Crippen molar-refractivity contribution in [3.8, 4) is 5.75 Å². The van der Waals surface area contributed by atoms with Gasteiger partial charge in [0, 0.05) is 26.0 Å². The molecule has 0 aliphatic carbocycles. The number of fused-ring (bicyclic) bond motifs is 1. The smallest absolute Gasteiger partial charge is 0.247 e. The van der Waals surface area contributed by atoms with Gasteiger partial charge >= 0.3 is 0 Å². The second kappa shape index (κ2) is 12.1. The number of para-hydroxylation sites is 5. The van der Waals surface area contributed by atoms with Crippen molar-refractivity contribution in [2.24, 2.45) is 0 Å². The Morgan fingerprint density at radius 1 is 1.07 bits per heavy atom. The normalized spacial score (nSPS) is 15.9. The second-order valence-electron chi connectivity index (χ2n) is 10.6. The Morgan fingerprint density at radius 3 is 2.59 bits per heavy atom. The highest BCUT2D eigenvalue weighted by Gasteiger charge is 2.37. The molecule has 0 spiro atoms. The van der Waals surface area contributed by atoms with Crippen LogP contribution >= 0.6 is 0 Å². The fourth-order valence-electron chi connectivity index (χ4n) is 6.01. The monoisotopic (exact) mass is 554 g/mol. The van der Waals surface area contributed by atoms with Crippen LogP contribution in [0.25, 0.3) is 11.0 Å². The van der Waals surface area contributed by atoms with E-state index in [1.54, 1.807) is 19.1 Å². The molecule has 41 heavy (non-hydrogen) atoms. The molecule has 1 aliphatic heterocycles. The lowest BCUT2D eigenvalue weighted by Gasteiger charge is -2.32. The third kappa shape index (κ3) is 5.44. The predicted molar refractivity (Wildman–Crippen MR) is 162 cm³/mol. The van der Waals surface area contributed by atoms with Crippen LogP contribution in [0.15, 0.2) is 66.7 Å². The predicted octanol–water partition coefficient (Wildman–Crippen LogP) is 5.50. The van der Waals surface area contributed by atoms with Crippen molar-refractivity contribution in [3.05, 3.63) is 83.7 Å². The topological polar surface area (TPSA) is 76.9 Å². The van der Waals surface area contributed by atoms with E-state index in [1.165, 1.54) is 0 Å². The van der Waals surface area contributed by atoms with Crippen molar-refractivity contribution in [3.63, 3.8) is 0 Å². The van der Waals surface area contributed by atoms with Gasteiger partial charge in [0.05, 0.1) is 42.2 Å². The number of hydrogen-bond acceptors (Lipinski definition) is 5. The van der Waals surface area contributed by atoms with Gasteiger partial charge in [-0.25, -0.2) is 4.98 Å². The Labute approximate surface area is 241 Å². The zero-order valence-electron chi connectivity index (χ0n) is 24.5. The number of amides is 2. The van der Waals surface area contributed by atoms with Crippen molar-refractivity contribution in [1.29, 1.82) is 0 Å². The number of benzene rings is 3. The zero-order chi connectivity index (χ0) is 29.1. The second-order valence-corrected chi connectivity index (χ2v) is 10.6. The number of aryl methyl sites for hydroxylation is 2. The lowest BCUT2D eigenvalue weighted by atomic mass is 10.0. The van der Waals surface area contributed by atoms with E-state index in [2.05, 4.69) is 13.0 Å². The lowest BCUT2D eigenvalue weighted by Crippen LogP contribution is -2.44. The van der Waals surface area contributed by atoms with E-state index in [1.807, 2.05) is 84.0 Å². The average Bonchev–Trinajstić information content (AvgIpc) is 3.54. The molecule has 0 radical (unpaired) electrons. The number of methoxy groups -OCH3 is 2. The molecule has 2 amide bonds. The molecule has 1 aliphatic rings. The van der Waals surface area contributed by atoms with Gasteiger partial charge < -0.3 is 23.8 Å². The summed E-state index contributed by atoms with van der Waals surface area (Å²) < 4.78 is 13.0. The zero-order valence-corrected chi connectivity index (χ0v) is 24.5. The van der Waals surface area contributed by atoms with Crippen LogP contribution in [0.3, 0.4) is 0 Å². The molecule has 1 aromatic heterocycles. The Balaban J connectivity index is 1.54. The van der Waals surface area contributed by atoms with Crippen LogP contribution in [0, 0.1) is 6.92 Å². The number of nitrogens with zero attached hydrogens (tertiary/aromatic N) is 4. The Hall–Kier alpha value is -4.17. The van der Waals surface area contributed by atoms with Crippen LogP contribution < -0.4 is 14.5 Å². The van der Waals surface area contributed by atoms with Crippen LogP contribution in [0.1, 0.15) is 43.1 Å². The largest absolute Gasteiger partial charge is 0.495 e. The van der Waals surface area contributed by atoms with E-state index in [-0.39, 0.29) is 30.3 Å². The van der Waals surface area contributed by atoms with Crippen molar-refractivity contribution in [1.82, 2.24) is 9.55 Å². The molecule has 0 unspecified atom stereocenters. The van der Waals surface area contributed by atoms with E-state index in [9.17, 15) is 9.59 Å². The summed E-state index contributed by atoms with van der Waals surface area (Å²) in [6, 6.07) is 21.4. The molecule has 8 nitrogen and oxygen atoms in total. The molecule has 2 atom stereocenters. The average molecular weight is 555 g/mol. The number of hydrogen-bond donors (Lipinski definition) is 0. The van der Waals surface area contributed by atoms with Gasteiger partial charge in [-0.15, -0.1) is 0 Å². The van der Waals surface area contributed by atoms with E-state index in [4.69, 9.17) is 14.5 Å². The van der Waals surface area contributed by atoms with Crippen LogP contribution in [-0.2, 0) is 27.3 Å². The fraction of sp³-hybridized carbons (Fsp3) is 0.364. The summed E-state index contributed by atoms with van der Waals surface area (Å²) in [5.41, 5.74) is 5.52. The highest BCUT2D eigenvalue weighted by Crippen LogP contribution is 2.37. The van der Waals surface area contributed by atoms with Gasteiger partial charge in [0.15, 0.2) is 0 Å². The van der Waals surface area contributed by atoms with E-state index < -0.39 is 0 Å². The van der Waals surface area contributed by atoms with Gasteiger partial charge in [0.2, 0.25) is 11.8 Å². The SMILES string of the molecule is CCc1cccc(C)c1N(C(=O)Cn1c([C@H]2CC(=O)N(c3ccccc3OC)C2)nc2ccccc21)[C@@H](C)COC. The molecule has 8 heteroatoms. The van der Waals surface area contributed by atoms with Crippen molar-refractivity contribution in [2.75, 3.05) is 37.2 Å². The molecule has 5 rings (SSSR count). The summed E-state index contributed by atoms with van der Waals surface area (Å²) in [5, 5.41) is 0. The third-order valence-corrected chi connectivity index (χ3v) is 7.90. The maximum absolute atomic E-state index is 14.3. The van der Waals surface area contributed by atoms with Crippen molar-refractivity contribution < 1.29 is 19.1 Å². The molecule has 0 bridgehead atoms. The molecule has 1 saturated heterocycles. The molecular formula is C33H38N4O4. The van der Waals surface area contributed by atoms with E-state index in [0.717, 1.165) is 45.8 Å². The van der Waals surface area contributed by atoms with E-state index in [0.29, 0.717) is 25.3 Å². The Kier molecular flexibility index (Phi) is 8.40. The van der Waals surface area contributed by atoms with Gasteiger partial charge in [-0.3, -0.25) is 9.59 Å². The first-order chi connectivity index (χ1) is 19.9. The number of imidazole rings is 1. The van der Waals surface area contributed by atoms with Gasteiger partial charge in [-0.1, -0.05) is 49.4 Å². The van der Waals surface area contributed by atoms with Crippen LogP contribution in [0.4, 0.5) is 11.4 Å². The van der Waals surface area contributed by atoms with Gasteiger partial charge in [0.1, 0.15) is 18.1 Å². The van der Waals surface area contributed by atoms with Gasteiger partial charge in [-0.2, -0.15) is 0 Å². The number of carbonyl (C=O) groups excluding carboxylic acids is 2. The molecule has 3 aromatic carbocycles. The molecule has 214 valence electrons. The quantitative estimate of drug-likeness (QED) is 0.259. The van der Waals surface area contributed by atoms with Crippen LogP contribution in [0.5, 0.6) is 5.75 Å². The van der Waals surface area contributed by atoms with Gasteiger partial charge in [0.25, 0.3) is 0 Å². The molecule has 0 N–H and O–H groups in total. The summed E-state index contributed by atoms with van der Waals surface area (Å²) in [4.78, 5) is 36.2. The standard InChI is InChI=1S/C33H38N4O4/c1-6-24-13-11-12-22(2)32(24)37(23(3)21-40-4)31(39)20-36-27-15-8-7-14-26(27)34-33(36)25-18-30(38)35(19-25)28-16-9-10-17-29(28)41-5/h7-17,23,25H,6,18-21H2,1-5H3/t23-,25-/m0/s1. The first-order valence-electron chi connectivity index (χ1n) is 14.2. The molecule has 2 heterocycles. The van der Waals surface area contributed by atoms with Crippen molar-refractivity contribution >= 4 is 34.2 Å². The molecular weight excluding hydrogens is 516 g/mol. The number of aromatic nitrogens is 2. The summed E-state index contributed by atoms with van der Waals surface area (Å²) >= 11 is 0. The maximum atomic E-state index is 14.3. The third-order valence-electron chi connectivity index (χ3n) is 7.90. The minimum Gasteiger partial charge on any atom is -0.495 e. The van der Waals surface area contributed by atoms with Crippen LogP contribution in [-0.4, -0.2) is 54.8 Å². The van der Waals surface area contributed by atoms with Gasteiger partial charge in [-0.05, 0) is 55.7 Å². The highest BCUT2D eigenvalue weighted by atomic mass is 16.5. The van der Waals surface area contributed by atoms with Crippen LogP contribution in [0.2, 0.25) is 0 Å². The molecule has 0 saturated carbocycles. The van der Waals surface area contributed by atoms with Crippen molar-refractivity contribution in [2.45, 2.75) is 52.1 Å². The Bertz CT molecular complexity index is 1560. The molecule has 1 fully saturated rings. The number of anilines is 2. The number of rotatable bonds is 10. The number of ether oxygens (including phenoxy) is 2. The first-order valence-corrected chi connectivity index (χ1v) is 14.2. The van der Waals surface area contributed by atoms with E-state index >= 15 is 0 Å². The summed E-state index contributed by atoms with van der Waals surface area (Å²) in [5.74, 6) is 1.17. The summed E-state index contributed by atoms with van der Waals surface area (Å²) in [6.45, 7) is 7.13. The first kappa shape index (κ1) is 28.4. The summed E-state index contributed by atoms with van der Waals surface area (Å²) in [7, 11) is 3.26. The summed E-state index contributed by atoms with van der Waals surface area (Å²) in [6.07, 6.45) is 1.11. The Morgan fingerprint density at radius 2 is 1.83 bits per heavy atom. The minimum atomic E-state index is -0.179. The maximum Gasteiger partial charge on any atom is 0.247 e. The highest BCUT2D eigenvalue weighted by molar-refractivity contribution is 5.98. The fourth-order valence-corrected chi connectivity index (χ4v) is 6.01.